The summed E-state index contributed by atoms with van der Waals surface area (Å²) in [5, 5.41) is 2.12. The van der Waals surface area contributed by atoms with Crippen molar-refractivity contribution in [2.24, 2.45) is 0 Å². The number of carbonyl (C=O) groups is 1. The van der Waals surface area contributed by atoms with E-state index in [1.165, 1.54) is 0 Å². The van der Waals surface area contributed by atoms with Crippen molar-refractivity contribution in [3.8, 4) is 22.6 Å². The van der Waals surface area contributed by atoms with E-state index in [4.69, 9.17) is 14.2 Å². The van der Waals surface area contributed by atoms with Gasteiger partial charge in [0.15, 0.2) is 6.61 Å². The number of rotatable bonds is 5. The molecule has 2 heterocycles. The molecule has 0 atom stereocenters. The van der Waals surface area contributed by atoms with Gasteiger partial charge in [-0.15, -0.1) is 0 Å². The van der Waals surface area contributed by atoms with E-state index >= 15 is 0 Å². The molecule has 0 spiro atoms. The molecule has 2 aromatic carbocycles. The summed E-state index contributed by atoms with van der Waals surface area (Å²) in [6, 6.07) is 13.9. The van der Waals surface area contributed by atoms with E-state index in [1.54, 1.807) is 24.4 Å². The normalized spacial score (nSPS) is 14.1. The fourth-order valence-electron chi connectivity index (χ4n) is 3.40. The van der Waals surface area contributed by atoms with E-state index in [0.29, 0.717) is 37.8 Å². The van der Waals surface area contributed by atoms with Crippen LogP contribution in [0, 0.1) is 0 Å². The first kappa shape index (κ1) is 18.3. The third kappa shape index (κ3) is 3.77. The van der Waals surface area contributed by atoms with Crippen molar-refractivity contribution in [1.29, 1.82) is 0 Å². The number of methoxy groups -OCH3 is 1. The third-order valence-corrected chi connectivity index (χ3v) is 4.86. The number of morpholine rings is 1. The van der Waals surface area contributed by atoms with E-state index < -0.39 is 0 Å². The van der Waals surface area contributed by atoms with Gasteiger partial charge in [0.05, 0.1) is 26.5 Å². The van der Waals surface area contributed by atoms with Crippen LogP contribution in [-0.4, -0.2) is 55.8 Å². The van der Waals surface area contributed by atoms with Gasteiger partial charge in [-0.25, -0.2) is 0 Å². The second kappa shape index (κ2) is 8.27. The predicted octanol–water partition coefficient (Wildman–Crippen LogP) is 3.15. The first-order valence-corrected chi connectivity index (χ1v) is 9.26. The minimum atomic E-state index is -0.0282. The third-order valence-electron chi connectivity index (χ3n) is 4.86. The molecule has 0 aliphatic carbocycles. The van der Waals surface area contributed by atoms with E-state index in [9.17, 15) is 4.79 Å². The lowest BCUT2D eigenvalue weighted by Gasteiger charge is -2.26. The summed E-state index contributed by atoms with van der Waals surface area (Å²) in [5.74, 6) is 1.31. The lowest BCUT2D eigenvalue weighted by atomic mass is 9.98. The highest BCUT2D eigenvalue weighted by Gasteiger charge is 2.18. The lowest BCUT2D eigenvalue weighted by Crippen LogP contribution is -2.42. The first-order valence-electron chi connectivity index (χ1n) is 9.26. The molecule has 144 valence electrons. The molecule has 1 aromatic heterocycles. The number of benzene rings is 2. The molecule has 0 radical (unpaired) electrons. The van der Waals surface area contributed by atoms with E-state index in [0.717, 1.165) is 21.9 Å². The summed E-state index contributed by atoms with van der Waals surface area (Å²) in [6.07, 6.45) is 3.43. The van der Waals surface area contributed by atoms with Crippen molar-refractivity contribution in [2.45, 2.75) is 0 Å². The van der Waals surface area contributed by atoms with Crippen molar-refractivity contribution in [2.75, 3.05) is 40.0 Å². The molecule has 3 aromatic rings. The summed E-state index contributed by atoms with van der Waals surface area (Å²) in [6.45, 7) is 2.38. The Labute approximate surface area is 163 Å². The van der Waals surface area contributed by atoms with Crippen LogP contribution in [0.2, 0.25) is 0 Å². The molecule has 4 rings (SSSR count). The van der Waals surface area contributed by atoms with Crippen LogP contribution in [0.15, 0.2) is 54.9 Å². The molecular weight excluding hydrogens is 356 g/mol. The molecule has 0 unspecified atom stereocenters. The summed E-state index contributed by atoms with van der Waals surface area (Å²) in [7, 11) is 1.63. The minimum absolute atomic E-state index is 0.00522. The van der Waals surface area contributed by atoms with Crippen molar-refractivity contribution < 1.29 is 19.0 Å². The van der Waals surface area contributed by atoms with Gasteiger partial charge in [0.25, 0.3) is 5.91 Å². The van der Waals surface area contributed by atoms with Crippen LogP contribution in [-0.2, 0) is 9.53 Å². The number of pyridine rings is 1. The summed E-state index contributed by atoms with van der Waals surface area (Å²) >= 11 is 0. The highest BCUT2D eigenvalue weighted by molar-refractivity contribution is 5.99. The van der Waals surface area contributed by atoms with E-state index in [1.807, 2.05) is 36.4 Å². The maximum atomic E-state index is 12.4. The van der Waals surface area contributed by atoms with Crippen LogP contribution in [0.3, 0.4) is 0 Å². The maximum absolute atomic E-state index is 12.4. The molecule has 1 saturated heterocycles. The number of amides is 1. The Bertz CT molecular complexity index is 983. The summed E-state index contributed by atoms with van der Waals surface area (Å²) in [5.41, 5.74) is 1.91. The lowest BCUT2D eigenvalue weighted by molar-refractivity contribution is -0.137. The molecule has 6 nitrogen and oxygen atoms in total. The summed E-state index contributed by atoms with van der Waals surface area (Å²) < 4.78 is 16.7. The number of ether oxygens (including phenoxy) is 3. The van der Waals surface area contributed by atoms with Gasteiger partial charge in [0.1, 0.15) is 11.5 Å². The smallest absolute Gasteiger partial charge is 0.260 e. The Morgan fingerprint density at radius 3 is 2.79 bits per heavy atom. The van der Waals surface area contributed by atoms with Gasteiger partial charge in [-0.3, -0.25) is 9.78 Å². The van der Waals surface area contributed by atoms with Gasteiger partial charge in [-0.1, -0.05) is 24.3 Å². The number of hydrogen-bond acceptors (Lipinski definition) is 5. The van der Waals surface area contributed by atoms with Gasteiger partial charge >= 0.3 is 0 Å². The topological polar surface area (TPSA) is 60.9 Å². The molecular formula is C22H22N2O4. The fourth-order valence-corrected chi connectivity index (χ4v) is 3.40. The minimum Gasteiger partial charge on any atom is -0.494 e. The molecule has 28 heavy (non-hydrogen) atoms. The van der Waals surface area contributed by atoms with Gasteiger partial charge in [0.2, 0.25) is 0 Å². The molecule has 6 heteroatoms. The largest absolute Gasteiger partial charge is 0.494 e. The average molecular weight is 378 g/mol. The number of fused-ring (bicyclic) bond motifs is 1. The Balaban J connectivity index is 1.65. The van der Waals surface area contributed by atoms with Crippen molar-refractivity contribution in [3.63, 3.8) is 0 Å². The highest BCUT2D eigenvalue weighted by Crippen LogP contribution is 2.37. The van der Waals surface area contributed by atoms with Crippen LogP contribution in [0.25, 0.3) is 21.9 Å². The summed E-state index contributed by atoms with van der Waals surface area (Å²) in [4.78, 5) is 18.3. The van der Waals surface area contributed by atoms with Crippen LogP contribution in [0.4, 0.5) is 0 Å². The standard InChI is InChI=1S/C22H22N2O4/c1-26-21-14-23-7-6-19(21)20-13-17(12-16-4-2-3-5-18(16)20)28-15-22(25)24-8-10-27-11-9-24/h2-7,12-14H,8-11,15H2,1H3. The highest BCUT2D eigenvalue weighted by atomic mass is 16.5. The second-order valence-corrected chi connectivity index (χ2v) is 6.55. The van der Waals surface area contributed by atoms with Crippen molar-refractivity contribution in [1.82, 2.24) is 9.88 Å². The van der Waals surface area contributed by atoms with Crippen LogP contribution >= 0.6 is 0 Å². The van der Waals surface area contributed by atoms with E-state index in [-0.39, 0.29) is 12.5 Å². The number of hydrogen-bond donors (Lipinski definition) is 0. The first-order chi connectivity index (χ1) is 13.8. The Morgan fingerprint density at radius 1 is 1.14 bits per heavy atom. The van der Waals surface area contributed by atoms with Crippen LogP contribution < -0.4 is 9.47 Å². The quantitative estimate of drug-likeness (QED) is 0.683. The SMILES string of the molecule is COc1cnccc1-c1cc(OCC(=O)N2CCOCC2)cc2ccccc12. The van der Waals surface area contributed by atoms with Gasteiger partial charge < -0.3 is 19.1 Å². The van der Waals surface area contributed by atoms with Crippen molar-refractivity contribution >= 4 is 16.7 Å². The average Bonchev–Trinajstić information content (AvgIpc) is 2.77. The predicted molar refractivity (Wildman–Crippen MR) is 107 cm³/mol. The Kier molecular flexibility index (Phi) is 5.39. The molecule has 1 fully saturated rings. The maximum Gasteiger partial charge on any atom is 0.260 e. The Hall–Kier alpha value is -3.12. The molecule has 0 bridgehead atoms. The zero-order valence-electron chi connectivity index (χ0n) is 15.8. The zero-order chi connectivity index (χ0) is 19.3. The van der Waals surface area contributed by atoms with E-state index in [2.05, 4.69) is 11.1 Å². The molecule has 0 saturated carbocycles. The molecule has 1 aliphatic heterocycles. The molecule has 1 amide bonds. The fraction of sp³-hybridized carbons (Fsp3) is 0.273. The number of aromatic nitrogens is 1. The van der Waals surface area contributed by atoms with Gasteiger partial charge in [-0.05, 0) is 34.5 Å². The van der Waals surface area contributed by atoms with Crippen LogP contribution in [0.5, 0.6) is 11.5 Å². The van der Waals surface area contributed by atoms with Crippen LogP contribution in [0.1, 0.15) is 0 Å². The zero-order valence-corrected chi connectivity index (χ0v) is 15.8. The monoisotopic (exact) mass is 378 g/mol. The molecule has 0 N–H and O–H groups in total. The number of carbonyl (C=O) groups excluding carboxylic acids is 1. The van der Waals surface area contributed by atoms with Gasteiger partial charge in [-0.2, -0.15) is 0 Å². The second-order valence-electron chi connectivity index (χ2n) is 6.55. The number of nitrogens with zero attached hydrogens (tertiary/aromatic N) is 2. The Morgan fingerprint density at radius 2 is 1.96 bits per heavy atom. The van der Waals surface area contributed by atoms with Gasteiger partial charge in [0, 0.05) is 24.8 Å². The molecule has 1 aliphatic rings. The van der Waals surface area contributed by atoms with Crippen molar-refractivity contribution in [3.05, 3.63) is 54.9 Å².